The Kier molecular flexibility index (Phi) is 3.31. The molecule has 0 saturated heterocycles. The minimum atomic E-state index is -0.473. The van der Waals surface area contributed by atoms with Crippen molar-refractivity contribution in [1.82, 2.24) is 4.98 Å². The lowest BCUT2D eigenvalue weighted by Gasteiger charge is -2.04. The summed E-state index contributed by atoms with van der Waals surface area (Å²) in [6, 6.07) is 13.2. The molecule has 0 unspecified atom stereocenters. The van der Waals surface area contributed by atoms with Gasteiger partial charge in [-0.1, -0.05) is 18.2 Å². The topological polar surface area (TPSA) is 54.1 Å². The first-order chi connectivity index (χ1) is 10.2. The molecule has 0 aliphatic rings. The molecule has 0 aliphatic carbocycles. The molecule has 0 fully saturated rings. The lowest BCUT2D eigenvalue weighted by molar-refractivity contribution is 0.102. The van der Waals surface area contributed by atoms with Crippen molar-refractivity contribution in [3.8, 4) is 5.75 Å². The van der Waals surface area contributed by atoms with Crippen LogP contribution in [0.5, 0.6) is 5.75 Å². The van der Waals surface area contributed by atoms with E-state index in [0.717, 1.165) is 10.9 Å². The Morgan fingerprint density at radius 2 is 2.00 bits per heavy atom. The largest absolute Gasteiger partial charge is 0.496 e. The average molecular weight is 284 g/mol. The molecule has 1 heterocycles. The van der Waals surface area contributed by atoms with Crippen molar-refractivity contribution in [2.45, 2.75) is 0 Å². The van der Waals surface area contributed by atoms with E-state index in [1.165, 1.54) is 12.1 Å². The number of para-hydroxylation sites is 1. The third-order valence-corrected chi connectivity index (χ3v) is 3.21. The van der Waals surface area contributed by atoms with Gasteiger partial charge >= 0.3 is 0 Å². The standard InChI is InChI=1S/C16H13FN2O2/c1-21-15-8-4-7-12-10(15)9-14(18-12)16(20)19-13-6-3-2-5-11(13)17/h2-9,18H,1H3,(H,19,20). The number of methoxy groups -OCH3 is 1. The van der Waals surface area contributed by atoms with Crippen LogP contribution in [0.1, 0.15) is 10.5 Å². The van der Waals surface area contributed by atoms with Crippen LogP contribution in [0.2, 0.25) is 0 Å². The van der Waals surface area contributed by atoms with E-state index in [2.05, 4.69) is 10.3 Å². The molecule has 1 aromatic heterocycles. The maximum Gasteiger partial charge on any atom is 0.272 e. The highest BCUT2D eigenvalue weighted by atomic mass is 19.1. The summed E-state index contributed by atoms with van der Waals surface area (Å²) < 4.78 is 18.8. The molecule has 106 valence electrons. The van der Waals surface area contributed by atoms with E-state index in [9.17, 15) is 9.18 Å². The van der Waals surface area contributed by atoms with Gasteiger partial charge in [-0.15, -0.1) is 0 Å². The summed E-state index contributed by atoms with van der Waals surface area (Å²) >= 11 is 0. The zero-order valence-corrected chi connectivity index (χ0v) is 11.3. The highest BCUT2D eigenvalue weighted by molar-refractivity contribution is 6.06. The van der Waals surface area contributed by atoms with Gasteiger partial charge in [0.1, 0.15) is 17.3 Å². The van der Waals surface area contributed by atoms with Gasteiger partial charge in [0.15, 0.2) is 0 Å². The molecule has 4 nitrogen and oxygen atoms in total. The molecule has 0 bridgehead atoms. The summed E-state index contributed by atoms with van der Waals surface area (Å²) in [6.45, 7) is 0. The fourth-order valence-corrected chi connectivity index (χ4v) is 2.18. The van der Waals surface area contributed by atoms with E-state index in [0.29, 0.717) is 11.4 Å². The number of nitrogens with one attached hydrogen (secondary N) is 2. The Bertz CT molecular complexity index is 811. The molecular formula is C16H13FN2O2. The van der Waals surface area contributed by atoms with Crippen LogP contribution in [0.3, 0.4) is 0 Å². The number of aromatic amines is 1. The van der Waals surface area contributed by atoms with Gasteiger partial charge in [0, 0.05) is 10.9 Å². The van der Waals surface area contributed by atoms with Gasteiger partial charge in [-0.25, -0.2) is 4.39 Å². The van der Waals surface area contributed by atoms with E-state index in [-0.39, 0.29) is 5.69 Å². The van der Waals surface area contributed by atoms with Crippen molar-refractivity contribution >= 4 is 22.5 Å². The van der Waals surface area contributed by atoms with E-state index in [4.69, 9.17) is 4.74 Å². The van der Waals surface area contributed by atoms with Crippen molar-refractivity contribution < 1.29 is 13.9 Å². The number of amides is 1. The van der Waals surface area contributed by atoms with Crippen LogP contribution in [-0.4, -0.2) is 18.0 Å². The summed E-state index contributed by atoms with van der Waals surface area (Å²) in [5.74, 6) is -0.202. The molecule has 3 aromatic rings. The second-order valence-electron chi connectivity index (χ2n) is 4.54. The third-order valence-electron chi connectivity index (χ3n) is 3.21. The molecule has 21 heavy (non-hydrogen) atoms. The molecule has 0 atom stereocenters. The van der Waals surface area contributed by atoms with Gasteiger partial charge in [0.2, 0.25) is 0 Å². The number of carbonyl (C=O) groups is 1. The predicted molar refractivity (Wildman–Crippen MR) is 79.2 cm³/mol. The Morgan fingerprint density at radius 1 is 1.19 bits per heavy atom. The lowest BCUT2D eigenvalue weighted by atomic mass is 10.2. The lowest BCUT2D eigenvalue weighted by Crippen LogP contribution is -2.13. The summed E-state index contributed by atoms with van der Waals surface area (Å²) in [4.78, 5) is 15.2. The summed E-state index contributed by atoms with van der Waals surface area (Å²) in [5.41, 5.74) is 1.28. The van der Waals surface area contributed by atoms with E-state index >= 15 is 0 Å². The number of hydrogen-bond acceptors (Lipinski definition) is 2. The zero-order valence-electron chi connectivity index (χ0n) is 11.3. The van der Waals surface area contributed by atoms with Crippen molar-refractivity contribution in [2.75, 3.05) is 12.4 Å². The number of fused-ring (bicyclic) bond motifs is 1. The molecule has 0 spiro atoms. The van der Waals surface area contributed by atoms with Gasteiger partial charge in [-0.05, 0) is 30.3 Å². The highest BCUT2D eigenvalue weighted by Crippen LogP contribution is 2.26. The number of aromatic nitrogens is 1. The van der Waals surface area contributed by atoms with Crippen molar-refractivity contribution in [1.29, 1.82) is 0 Å². The molecule has 0 radical (unpaired) electrons. The molecule has 1 amide bonds. The summed E-state index contributed by atoms with van der Waals surface area (Å²) in [6.07, 6.45) is 0. The Balaban J connectivity index is 1.93. The van der Waals surface area contributed by atoms with Crippen molar-refractivity contribution in [3.05, 3.63) is 60.0 Å². The molecule has 2 N–H and O–H groups in total. The number of ether oxygens (including phenoxy) is 1. The first-order valence-electron chi connectivity index (χ1n) is 6.40. The van der Waals surface area contributed by atoms with Crippen LogP contribution in [-0.2, 0) is 0 Å². The van der Waals surface area contributed by atoms with Crippen LogP contribution < -0.4 is 10.1 Å². The number of rotatable bonds is 3. The monoisotopic (exact) mass is 284 g/mol. The van der Waals surface area contributed by atoms with Crippen LogP contribution in [0.4, 0.5) is 10.1 Å². The zero-order chi connectivity index (χ0) is 14.8. The number of hydrogen-bond donors (Lipinski definition) is 2. The molecular weight excluding hydrogens is 271 g/mol. The normalized spacial score (nSPS) is 10.6. The quantitative estimate of drug-likeness (QED) is 0.772. The number of carbonyl (C=O) groups excluding carboxylic acids is 1. The first kappa shape index (κ1) is 13.2. The number of benzene rings is 2. The fourth-order valence-electron chi connectivity index (χ4n) is 2.18. The Labute approximate surface area is 120 Å². The van der Waals surface area contributed by atoms with Crippen LogP contribution in [0, 0.1) is 5.82 Å². The highest BCUT2D eigenvalue weighted by Gasteiger charge is 2.13. The van der Waals surface area contributed by atoms with Crippen LogP contribution >= 0.6 is 0 Å². The Hall–Kier alpha value is -2.82. The van der Waals surface area contributed by atoms with Gasteiger partial charge in [-0.2, -0.15) is 0 Å². The third kappa shape index (κ3) is 2.45. The van der Waals surface area contributed by atoms with Crippen LogP contribution in [0.25, 0.3) is 10.9 Å². The minimum absolute atomic E-state index is 0.146. The summed E-state index contributed by atoms with van der Waals surface area (Å²) in [7, 11) is 1.57. The average Bonchev–Trinajstić information content (AvgIpc) is 2.93. The van der Waals surface area contributed by atoms with E-state index in [1.54, 1.807) is 25.3 Å². The van der Waals surface area contributed by atoms with E-state index < -0.39 is 11.7 Å². The first-order valence-corrected chi connectivity index (χ1v) is 6.40. The van der Waals surface area contributed by atoms with Gasteiger partial charge in [0.05, 0.1) is 12.8 Å². The number of halogens is 1. The van der Waals surface area contributed by atoms with Gasteiger partial charge in [0.25, 0.3) is 5.91 Å². The second-order valence-corrected chi connectivity index (χ2v) is 4.54. The van der Waals surface area contributed by atoms with E-state index in [1.807, 2.05) is 18.2 Å². The molecule has 0 saturated carbocycles. The van der Waals surface area contributed by atoms with Crippen molar-refractivity contribution in [3.63, 3.8) is 0 Å². The molecule has 5 heteroatoms. The van der Waals surface area contributed by atoms with Gasteiger partial charge < -0.3 is 15.0 Å². The second kappa shape index (κ2) is 5.28. The SMILES string of the molecule is COc1cccc2[nH]c(C(=O)Nc3ccccc3F)cc12. The fraction of sp³-hybridized carbons (Fsp3) is 0.0625. The minimum Gasteiger partial charge on any atom is -0.496 e. The number of H-pyrrole nitrogens is 1. The maximum atomic E-state index is 13.5. The Morgan fingerprint density at radius 3 is 2.76 bits per heavy atom. The molecule has 0 aliphatic heterocycles. The maximum absolute atomic E-state index is 13.5. The van der Waals surface area contributed by atoms with Gasteiger partial charge in [-0.3, -0.25) is 4.79 Å². The number of anilines is 1. The summed E-state index contributed by atoms with van der Waals surface area (Å²) in [5, 5.41) is 3.34. The van der Waals surface area contributed by atoms with Crippen LogP contribution in [0.15, 0.2) is 48.5 Å². The molecule has 2 aromatic carbocycles. The van der Waals surface area contributed by atoms with Crippen molar-refractivity contribution in [2.24, 2.45) is 0 Å². The predicted octanol–water partition coefficient (Wildman–Crippen LogP) is 3.57. The molecule has 3 rings (SSSR count). The smallest absolute Gasteiger partial charge is 0.272 e.